The number of aryl methyl sites for hydroxylation is 2. The molecule has 0 spiro atoms. The number of aromatic nitrogens is 2. The molecule has 0 saturated heterocycles. The van der Waals surface area contributed by atoms with Gasteiger partial charge in [0, 0.05) is 67.5 Å². The fourth-order valence-corrected chi connectivity index (χ4v) is 10.1. The summed E-state index contributed by atoms with van der Waals surface area (Å²) in [6.45, 7) is 0. The summed E-state index contributed by atoms with van der Waals surface area (Å²) in [6, 6.07) is 53.7. The fourth-order valence-electron chi connectivity index (χ4n) is 7.41. The lowest BCUT2D eigenvalue weighted by molar-refractivity contribution is 0.978. The summed E-state index contributed by atoms with van der Waals surface area (Å²) in [5, 5.41) is 5.26. The molecule has 0 bridgehead atoms. The summed E-state index contributed by atoms with van der Waals surface area (Å²) in [5.74, 6) is 0. The number of thiophene rings is 2. The van der Waals surface area contributed by atoms with E-state index in [1.165, 1.54) is 96.1 Å². The number of hydrogen-bond donors (Lipinski definition) is 0. The second-order valence-electron chi connectivity index (χ2n) is 12.7. The second kappa shape index (κ2) is 10.5. The monoisotopic (exact) mass is 650 g/mol. The van der Waals surface area contributed by atoms with Crippen LogP contribution in [0.4, 0.5) is 0 Å². The average Bonchev–Trinajstić information content (AvgIpc) is 3.87. The quantitative estimate of drug-likeness (QED) is 0.179. The van der Waals surface area contributed by atoms with E-state index in [-0.39, 0.29) is 0 Å². The molecule has 0 saturated carbocycles. The molecule has 10 aromatic rings. The van der Waals surface area contributed by atoms with Crippen molar-refractivity contribution < 1.29 is 0 Å². The maximum atomic E-state index is 2.37. The lowest BCUT2D eigenvalue weighted by atomic mass is 10.0. The Bertz CT molecular complexity index is 2640. The van der Waals surface area contributed by atoms with Gasteiger partial charge in [0.05, 0.1) is 9.40 Å². The molecule has 4 heteroatoms. The Labute approximate surface area is 286 Å². The van der Waals surface area contributed by atoms with Gasteiger partial charge >= 0.3 is 0 Å². The summed E-state index contributed by atoms with van der Waals surface area (Å²) >= 11 is 3.84. The van der Waals surface area contributed by atoms with Crippen molar-refractivity contribution in [3.05, 3.63) is 146 Å². The number of hydrogen-bond acceptors (Lipinski definition) is 2. The summed E-state index contributed by atoms with van der Waals surface area (Å²) in [6.07, 6.45) is 0. The van der Waals surface area contributed by atoms with Crippen molar-refractivity contribution in [2.24, 2.45) is 14.1 Å². The molecule has 0 amide bonds. The van der Waals surface area contributed by atoms with Crippen LogP contribution in [0.3, 0.4) is 0 Å². The van der Waals surface area contributed by atoms with Crippen LogP contribution in [0, 0.1) is 0 Å². The van der Waals surface area contributed by atoms with Gasteiger partial charge in [0.25, 0.3) is 0 Å². The first-order valence-corrected chi connectivity index (χ1v) is 17.9. The van der Waals surface area contributed by atoms with E-state index in [0.29, 0.717) is 0 Å². The molecular formula is C44H30N2S2. The van der Waals surface area contributed by atoms with Gasteiger partial charge in [-0.1, -0.05) is 109 Å². The molecular weight excluding hydrogens is 621 g/mol. The Morgan fingerprint density at radius 2 is 0.750 bits per heavy atom. The molecule has 0 radical (unpaired) electrons. The van der Waals surface area contributed by atoms with E-state index >= 15 is 0 Å². The van der Waals surface area contributed by atoms with Crippen molar-refractivity contribution >= 4 is 74.1 Å². The van der Waals surface area contributed by atoms with Gasteiger partial charge in [0.15, 0.2) is 0 Å². The van der Waals surface area contributed by atoms with Crippen LogP contribution in [0.2, 0.25) is 0 Å². The molecule has 4 heterocycles. The maximum Gasteiger partial charge on any atom is 0.0542 e. The van der Waals surface area contributed by atoms with Crippen molar-refractivity contribution in [3.63, 3.8) is 0 Å². The van der Waals surface area contributed by atoms with Crippen molar-refractivity contribution in [1.82, 2.24) is 9.13 Å². The molecule has 0 aliphatic heterocycles. The number of benzene rings is 6. The minimum absolute atomic E-state index is 1.24. The molecule has 0 aliphatic rings. The standard InChI is InChI=1S/C44H30N2S2/c1-45-37-9-5-3-7-33(37)23-39(45)29-15-11-27(12-16-29)31-19-21-35-41(25-31)47-44-36-22-20-32(26-42(36)48-43(35)44)28-13-17-30(18-14-28)40-24-34-8-4-6-10-38(34)46(40)2/h3-26H,1-2H3. The number of para-hydroxylation sites is 2. The highest BCUT2D eigenvalue weighted by Gasteiger charge is 2.15. The minimum Gasteiger partial charge on any atom is -0.344 e. The fraction of sp³-hybridized carbons (Fsp3) is 0.0455. The zero-order valence-corrected chi connectivity index (χ0v) is 28.2. The first kappa shape index (κ1) is 27.7. The van der Waals surface area contributed by atoms with Gasteiger partial charge in [-0.3, -0.25) is 0 Å². The van der Waals surface area contributed by atoms with Gasteiger partial charge in [-0.2, -0.15) is 0 Å². The van der Waals surface area contributed by atoms with Crippen molar-refractivity contribution in [2.45, 2.75) is 0 Å². The number of rotatable bonds is 4. The normalized spacial score (nSPS) is 12.0. The Kier molecular flexibility index (Phi) is 6.08. The molecule has 48 heavy (non-hydrogen) atoms. The zero-order valence-electron chi connectivity index (χ0n) is 26.6. The predicted octanol–water partition coefficient (Wildman–Crippen LogP) is 12.9. The van der Waals surface area contributed by atoms with E-state index in [1.54, 1.807) is 0 Å². The van der Waals surface area contributed by atoms with Gasteiger partial charge in [0.2, 0.25) is 0 Å². The van der Waals surface area contributed by atoms with Gasteiger partial charge in [0.1, 0.15) is 0 Å². The third-order valence-electron chi connectivity index (χ3n) is 10.0. The van der Waals surface area contributed by atoms with Crippen LogP contribution >= 0.6 is 22.7 Å². The minimum atomic E-state index is 1.24. The third-order valence-corrected chi connectivity index (χ3v) is 12.5. The lowest BCUT2D eigenvalue weighted by Gasteiger charge is -2.07. The van der Waals surface area contributed by atoms with Crippen LogP contribution in [0.15, 0.2) is 146 Å². The first-order valence-electron chi connectivity index (χ1n) is 16.3. The summed E-state index contributed by atoms with van der Waals surface area (Å²) in [5.41, 5.74) is 12.5. The highest BCUT2D eigenvalue weighted by atomic mass is 32.1. The Hall–Kier alpha value is -5.42. The molecule has 0 unspecified atom stereocenters. The molecule has 0 atom stereocenters. The van der Waals surface area contributed by atoms with Crippen LogP contribution < -0.4 is 0 Å². The molecule has 2 nitrogen and oxygen atoms in total. The van der Waals surface area contributed by atoms with Crippen LogP contribution in [0.1, 0.15) is 0 Å². The highest BCUT2D eigenvalue weighted by molar-refractivity contribution is 7.36. The summed E-state index contributed by atoms with van der Waals surface area (Å²) < 4.78 is 10.1. The maximum absolute atomic E-state index is 2.37. The smallest absolute Gasteiger partial charge is 0.0542 e. The van der Waals surface area contributed by atoms with E-state index in [1.807, 2.05) is 22.7 Å². The van der Waals surface area contributed by atoms with E-state index in [2.05, 4.69) is 169 Å². The van der Waals surface area contributed by atoms with Crippen LogP contribution in [-0.2, 0) is 14.1 Å². The Morgan fingerprint density at radius 1 is 0.375 bits per heavy atom. The van der Waals surface area contributed by atoms with E-state index in [0.717, 1.165) is 0 Å². The summed E-state index contributed by atoms with van der Waals surface area (Å²) in [4.78, 5) is 0. The Balaban J connectivity index is 0.953. The lowest BCUT2D eigenvalue weighted by Crippen LogP contribution is -1.90. The van der Waals surface area contributed by atoms with E-state index < -0.39 is 0 Å². The SMILES string of the molecule is Cn1c(-c2ccc(-c3ccc4c(c3)sc3c5ccc(-c6ccc(-c7cc8ccccc8n7C)cc6)cc5sc43)cc2)cc2ccccc21. The Morgan fingerprint density at radius 3 is 1.17 bits per heavy atom. The molecule has 0 aliphatic carbocycles. The largest absolute Gasteiger partial charge is 0.344 e. The van der Waals surface area contributed by atoms with Gasteiger partial charge in [-0.15, -0.1) is 22.7 Å². The molecule has 6 aromatic carbocycles. The van der Waals surface area contributed by atoms with Crippen molar-refractivity contribution in [2.75, 3.05) is 0 Å². The third kappa shape index (κ3) is 4.23. The first-order chi connectivity index (χ1) is 23.6. The van der Waals surface area contributed by atoms with E-state index in [4.69, 9.17) is 0 Å². The number of nitrogens with zero attached hydrogens (tertiary/aromatic N) is 2. The highest BCUT2D eigenvalue weighted by Crippen LogP contribution is 2.46. The second-order valence-corrected chi connectivity index (χ2v) is 14.8. The summed E-state index contributed by atoms with van der Waals surface area (Å²) in [7, 11) is 4.30. The van der Waals surface area contributed by atoms with Crippen LogP contribution in [-0.4, -0.2) is 9.13 Å². The molecule has 228 valence electrons. The zero-order chi connectivity index (χ0) is 31.9. The molecule has 0 N–H and O–H groups in total. The van der Waals surface area contributed by atoms with Gasteiger partial charge in [-0.05, 0) is 69.8 Å². The molecule has 4 aromatic heterocycles. The van der Waals surface area contributed by atoms with Crippen molar-refractivity contribution in [3.8, 4) is 44.8 Å². The van der Waals surface area contributed by atoms with Crippen molar-refractivity contribution in [1.29, 1.82) is 0 Å². The van der Waals surface area contributed by atoms with Gasteiger partial charge < -0.3 is 9.13 Å². The number of fused-ring (bicyclic) bond motifs is 7. The molecule has 0 fully saturated rings. The van der Waals surface area contributed by atoms with Crippen LogP contribution in [0.25, 0.3) is 96.1 Å². The average molecular weight is 651 g/mol. The molecule has 10 rings (SSSR count). The van der Waals surface area contributed by atoms with E-state index in [9.17, 15) is 0 Å². The van der Waals surface area contributed by atoms with Gasteiger partial charge in [-0.25, -0.2) is 0 Å². The predicted molar refractivity (Wildman–Crippen MR) is 209 cm³/mol. The topological polar surface area (TPSA) is 9.86 Å². The van der Waals surface area contributed by atoms with Crippen LogP contribution in [0.5, 0.6) is 0 Å².